The highest BCUT2D eigenvalue weighted by atomic mass is 32.2. The average molecular weight is 292 g/mol. The summed E-state index contributed by atoms with van der Waals surface area (Å²) in [5, 5.41) is 12.3. The van der Waals surface area contributed by atoms with E-state index < -0.39 is 5.82 Å². The van der Waals surface area contributed by atoms with Gasteiger partial charge in [-0.2, -0.15) is 0 Å². The van der Waals surface area contributed by atoms with E-state index in [2.05, 4.69) is 15.5 Å². The first-order chi connectivity index (χ1) is 9.78. The first kappa shape index (κ1) is 13.2. The van der Waals surface area contributed by atoms with Gasteiger partial charge in [-0.3, -0.25) is 4.79 Å². The van der Waals surface area contributed by atoms with Crippen LogP contribution in [0.2, 0.25) is 0 Å². The van der Waals surface area contributed by atoms with Crippen LogP contribution in [-0.4, -0.2) is 26.5 Å². The highest BCUT2D eigenvalue weighted by Gasteiger charge is 2.22. The molecule has 20 heavy (non-hydrogen) atoms. The van der Waals surface area contributed by atoms with Crippen LogP contribution in [0.5, 0.6) is 0 Å². The number of benzene rings is 1. The first-order valence-electron chi connectivity index (χ1n) is 6.48. The summed E-state index contributed by atoms with van der Waals surface area (Å²) in [5.41, 5.74) is 0.322. The zero-order valence-electron chi connectivity index (χ0n) is 10.7. The minimum absolute atomic E-state index is 0.310. The molecule has 1 aliphatic rings. The van der Waals surface area contributed by atoms with E-state index in [0.717, 1.165) is 12.8 Å². The molecule has 1 saturated carbocycles. The Morgan fingerprint density at radius 2 is 2.15 bits per heavy atom. The Bertz CT molecular complexity index is 625. The van der Waals surface area contributed by atoms with Crippen LogP contribution in [0.4, 0.5) is 4.39 Å². The maximum Gasteiger partial charge on any atom is 0.214 e. The monoisotopic (exact) mass is 292 g/mol. The number of aldehydes is 1. The lowest BCUT2D eigenvalue weighted by Gasteiger charge is -2.10. The predicted molar refractivity (Wildman–Crippen MR) is 71.2 cm³/mol. The van der Waals surface area contributed by atoms with Gasteiger partial charge in [0, 0.05) is 5.56 Å². The Labute approximate surface area is 119 Å². The third kappa shape index (κ3) is 2.58. The van der Waals surface area contributed by atoms with Gasteiger partial charge in [0.25, 0.3) is 0 Å². The molecular weight excluding hydrogens is 279 g/mol. The second-order valence-corrected chi connectivity index (χ2v) is 5.76. The van der Waals surface area contributed by atoms with Crippen molar-refractivity contribution in [3.63, 3.8) is 0 Å². The highest BCUT2D eigenvalue weighted by molar-refractivity contribution is 7.99. The van der Waals surface area contributed by atoms with Crippen molar-refractivity contribution in [2.24, 2.45) is 0 Å². The topological polar surface area (TPSA) is 60.7 Å². The smallest absolute Gasteiger partial charge is 0.214 e. The van der Waals surface area contributed by atoms with E-state index >= 15 is 0 Å². The molecule has 0 amide bonds. The van der Waals surface area contributed by atoms with Crippen molar-refractivity contribution in [3.8, 4) is 0 Å². The van der Waals surface area contributed by atoms with E-state index in [9.17, 15) is 9.18 Å². The minimum atomic E-state index is -0.430. The summed E-state index contributed by atoms with van der Waals surface area (Å²) in [7, 11) is 0. The van der Waals surface area contributed by atoms with Gasteiger partial charge in [0.05, 0.1) is 10.9 Å². The van der Waals surface area contributed by atoms with Gasteiger partial charge in [-0.1, -0.05) is 18.9 Å². The molecule has 2 aromatic rings. The molecule has 1 aromatic carbocycles. The number of tetrazole rings is 1. The second kappa shape index (κ2) is 5.70. The summed E-state index contributed by atoms with van der Waals surface area (Å²) in [4.78, 5) is 11.0. The molecular formula is C13H13FN4OS. The lowest BCUT2D eigenvalue weighted by molar-refractivity contribution is 0.112. The molecule has 0 atom stereocenters. The Kier molecular flexibility index (Phi) is 3.77. The van der Waals surface area contributed by atoms with E-state index in [1.54, 1.807) is 16.8 Å². The van der Waals surface area contributed by atoms with Crippen LogP contribution in [0.25, 0.3) is 0 Å². The van der Waals surface area contributed by atoms with Crippen molar-refractivity contribution in [2.45, 2.75) is 41.8 Å². The summed E-state index contributed by atoms with van der Waals surface area (Å²) >= 11 is 1.19. The molecule has 7 heteroatoms. The van der Waals surface area contributed by atoms with Crippen molar-refractivity contribution in [2.75, 3.05) is 0 Å². The second-order valence-electron chi connectivity index (χ2n) is 4.75. The predicted octanol–water partition coefficient (Wildman–Crippen LogP) is 2.89. The highest BCUT2D eigenvalue weighted by Crippen LogP contribution is 2.34. The average Bonchev–Trinajstić information content (AvgIpc) is 3.11. The number of nitrogens with zero attached hydrogens (tertiary/aromatic N) is 4. The largest absolute Gasteiger partial charge is 0.298 e. The van der Waals surface area contributed by atoms with E-state index in [0.29, 0.717) is 27.9 Å². The summed E-state index contributed by atoms with van der Waals surface area (Å²) in [6, 6.07) is 4.70. The van der Waals surface area contributed by atoms with Crippen molar-refractivity contribution in [1.82, 2.24) is 20.2 Å². The molecule has 104 valence electrons. The molecule has 0 spiro atoms. The maximum atomic E-state index is 13.9. The molecule has 1 aliphatic carbocycles. The van der Waals surface area contributed by atoms with Crippen LogP contribution >= 0.6 is 11.8 Å². The lowest BCUT2D eigenvalue weighted by Crippen LogP contribution is -2.08. The van der Waals surface area contributed by atoms with Crippen molar-refractivity contribution < 1.29 is 9.18 Å². The molecule has 1 heterocycles. The number of hydrogen-bond donors (Lipinski definition) is 0. The van der Waals surface area contributed by atoms with Crippen LogP contribution in [0.1, 0.15) is 42.1 Å². The zero-order valence-corrected chi connectivity index (χ0v) is 11.5. The van der Waals surface area contributed by atoms with Crippen molar-refractivity contribution >= 4 is 18.0 Å². The third-order valence-electron chi connectivity index (χ3n) is 3.43. The van der Waals surface area contributed by atoms with E-state index in [-0.39, 0.29) is 0 Å². The number of halogens is 1. The number of aromatic nitrogens is 4. The molecule has 1 aromatic heterocycles. The van der Waals surface area contributed by atoms with Crippen molar-refractivity contribution in [3.05, 3.63) is 29.6 Å². The zero-order chi connectivity index (χ0) is 13.9. The van der Waals surface area contributed by atoms with E-state index in [4.69, 9.17) is 0 Å². The minimum Gasteiger partial charge on any atom is -0.298 e. The normalized spacial score (nSPS) is 15.7. The molecule has 0 bridgehead atoms. The molecule has 0 aliphatic heterocycles. The fourth-order valence-electron chi connectivity index (χ4n) is 2.40. The van der Waals surface area contributed by atoms with Crippen LogP contribution in [0, 0.1) is 5.82 Å². The standard InChI is InChI=1S/C13H13FN4OS/c14-11-7-9(8-19)5-6-12(11)20-13-15-16-17-18(13)10-3-1-2-4-10/h5-8,10H,1-4H2. The summed E-state index contributed by atoms with van der Waals surface area (Å²) in [6.07, 6.45) is 5.10. The Morgan fingerprint density at radius 3 is 2.85 bits per heavy atom. The van der Waals surface area contributed by atoms with Crippen LogP contribution in [-0.2, 0) is 0 Å². The number of carbonyl (C=O) groups is 1. The van der Waals surface area contributed by atoms with Gasteiger partial charge >= 0.3 is 0 Å². The quantitative estimate of drug-likeness (QED) is 0.811. The first-order valence-corrected chi connectivity index (χ1v) is 7.30. The molecule has 1 fully saturated rings. The van der Waals surface area contributed by atoms with Gasteiger partial charge in [0.15, 0.2) is 0 Å². The Balaban J connectivity index is 1.84. The fraction of sp³-hybridized carbons (Fsp3) is 0.385. The third-order valence-corrected chi connectivity index (χ3v) is 4.43. The van der Waals surface area contributed by atoms with E-state index in [1.165, 1.54) is 30.7 Å². The SMILES string of the molecule is O=Cc1ccc(Sc2nnnn2C2CCCC2)c(F)c1. The fourth-order valence-corrected chi connectivity index (χ4v) is 3.25. The molecule has 0 unspecified atom stereocenters. The molecule has 0 radical (unpaired) electrons. The summed E-state index contributed by atoms with van der Waals surface area (Å²) in [6.45, 7) is 0. The number of hydrogen-bond acceptors (Lipinski definition) is 5. The Morgan fingerprint density at radius 1 is 1.35 bits per heavy atom. The van der Waals surface area contributed by atoms with Gasteiger partial charge < -0.3 is 0 Å². The number of rotatable bonds is 4. The Hall–Kier alpha value is -1.76. The molecule has 3 rings (SSSR count). The lowest BCUT2D eigenvalue weighted by atomic mass is 10.2. The van der Waals surface area contributed by atoms with Gasteiger partial charge in [0.1, 0.15) is 12.1 Å². The molecule has 0 saturated heterocycles. The van der Waals surface area contributed by atoms with Gasteiger partial charge in [-0.25, -0.2) is 9.07 Å². The maximum absolute atomic E-state index is 13.9. The van der Waals surface area contributed by atoms with Crippen LogP contribution in [0.3, 0.4) is 0 Å². The van der Waals surface area contributed by atoms with Gasteiger partial charge in [0.2, 0.25) is 5.16 Å². The molecule has 5 nitrogen and oxygen atoms in total. The van der Waals surface area contributed by atoms with Crippen LogP contribution < -0.4 is 0 Å². The van der Waals surface area contributed by atoms with Crippen LogP contribution in [0.15, 0.2) is 28.3 Å². The van der Waals surface area contributed by atoms with Crippen molar-refractivity contribution in [1.29, 1.82) is 0 Å². The summed E-state index contributed by atoms with van der Waals surface area (Å²) < 4.78 is 15.7. The van der Waals surface area contributed by atoms with Gasteiger partial charge in [-0.05, 0) is 47.2 Å². The van der Waals surface area contributed by atoms with Gasteiger partial charge in [-0.15, -0.1) is 5.10 Å². The molecule has 0 N–H and O–H groups in total. The van der Waals surface area contributed by atoms with E-state index in [1.807, 2.05) is 0 Å². The summed E-state index contributed by atoms with van der Waals surface area (Å²) in [5.74, 6) is -0.430. The number of carbonyl (C=O) groups excluding carboxylic acids is 1.